The van der Waals surface area contributed by atoms with Crippen LogP contribution in [0.4, 0.5) is 0 Å². The van der Waals surface area contributed by atoms with Crippen molar-refractivity contribution in [2.75, 3.05) is 26.2 Å². The number of fused-ring (bicyclic) bond motifs is 2. The van der Waals surface area contributed by atoms with Gasteiger partial charge < -0.3 is 10.6 Å². The zero-order valence-corrected chi connectivity index (χ0v) is 16.9. The molecule has 0 saturated carbocycles. The van der Waals surface area contributed by atoms with Crippen LogP contribution in [0.1, 0.15) is 47.9 Å². The largest absolute Gasteiger partial charge is 0.313 e. The minimum Gasteiger partial charge on any atom is -0.313 e. The first-order valence-corrected chi connectivity index (χ1v) is 10.3. The van der Waals surface area contributed by atoms with E-state index in [2.05, 4.69) is 10.6 Å². The lowest BCUT2D eigenvalue weighted by molar-refractivity contribution is 0.0972. The van der Waals surface area contributed by atoms with Crippen LogP contribution in [0.5, 0.6) is 0 Å². The van der Waals surface area contributed by atoms with Crippen molar-refractivity contribution in [1.29, 1.82) is 0 Å². The van der Waals surface area contributed by atoms with Gasteiger partial charge in [0.05, 0.1) is 11.1 Å². The van der Waals surface area contributed by atoms with Crippen molar-refractivity contribution in [2.45, 2.75) is 6.42 Å². The van der Waals surface area contributed by atoms with Gasteiger partial charge in [-0.25, -0.2) is 0 Å². The fraction of sp³-hybridized carbons (Fsp3) is 0.200. The topological polar surface area (TPSA) is 92.3 Å². The number of hydrogen-bond acceptors (Lipinski definition) is 6. The molecule has 2 aliphatic carbocycles. The standard InChI is InChI=1S/C25H22N2O4/c28-22-16-6-1-2-7-17(16)23(29)20(22)10-14-26-12-5-13-27-15-11-21-24(30)18-8-3-4-9-19(18)25(21)31/h1-4,6-11,26-27H,5,12-15H2. The molecule has 0 atom stereocenters. The normalized spacial score (nSPS) is 14.8. The van der Waals surface area contributed by atoms with Crippen LogP contribution < -0.4 is 10.6 Å². The summed E-state index contributed by atoms with van der Waals surface area (Å²) in [7, 11) is 0. The van der Waals surface area contributed by atoms with Crippen LogP contribution in [0.15, 0.2) is 71.8 Å². The molecule has 0 aliphatic heterocycles. The molecular weight excluding hydrogens is 392 g/mol. The number of rotatable bonds is 8. The third-order valence-corrected chi connectivity index (χ3v) is 5.42. The molecule has 0 heterocycles. The highest BCUT2D eigenvalue weighted by molar-refractivity contribution is 6.40. The molecule has 2 aromatic rings. The van der Waals surface area contributed by atoms with Gasteiger partial charge in [-0.1, -0.05) is 60.7 Å². The van der Waals surface area contributed by atoms with Crippen molar-refractivity contribution in [3.05, 3.63) is 94.1 Å². The van der Waals surface area contributed by atoms with E-state index in [0.717, 1.165) is 6.42 Å². The zero-order chi connectivity index (χ0) is 21.8. The number of carbonyl (C=O) groups excluding carboxylic acids is 4. The maximum Gasteiger partial charge on any atom is 0.197 e. The quantitative estimate of drug-likeness (QED) is 0.392. The molecule has 31 heavy (non-hydrogen) atoms. The van der Waals surface area contributed by atoms with E-state index in [9.17, 15) is 19.2 Å². The molecule has 0 radical (unpaired) electrons. The Hall–Kier alpha value is -3.48. The van der Waals surface area contributed by atoms with Gasteiger partial charge in [-0.2, -0.15) is 0 Å². The van der Waals surface area contributed by atoms with Gasteiger partial charge in [-0.05, 0) is 19.5 Å². The van der Waals surface area contributed by atoms with E-state index in [-0.39, 0.29) is 34.3 Å². The van der Waals surface area contributed by atoms with Crippen LogP contribution in [0.25, 0.3) is 0 Å². The molecule has 2 aromatic carbocycles. The summed E-state index contributed by atoms with van der Waals surface area (Å²) >= 11 is 0. The summed E-state index contributed by atoms with van der Waals surface area (Å²) in [5, 5.41) is 6.39. The van der Waals surface area contributed by atoms with Crippen molar-refractivity contribution in [3.63, 3.8) is 0 Å². The second-order valence-corrected chi connectivity index (χ2v) is 7.41. The molecule has 0 spiro atoms. The Morgan fingerprint density at radius 2 is 0.871 bits per heavy atom. The molecular formula is C25H22N2O4. The Kier molecular flexibility index (Phi) is 6.11. The minimum atomic E-state index is -0.213. The van der Waals surface area contributed by atoms with Crippen molar-refractivity contribution in [3.8, 4) is 0 Å². The van der Waals surface area contributed by atoms with Gasteiger partial charge in [0.2, 0.25) is 0 Å². The van der Waals surface area contributed by atoms with Gasteiger partial charge >= 0.3 is 0 Å². The minimum absolute atomic E-state index is 0.213. The SMILES string of the molecule is O=C1C(=CCNCCCNCC=C2C(=O)c3ccccc3C2=O)C(=O)c2ccccc21. The number of nitrogens with one attached hydrogen (secondary N) is 2. The fourth-order valence-corrected chi connectivity index (χ4v) is 3.81. The summed E-state index contributed by atoms with van der Waals surface area (Å²) in [4.78, 5) is 49.2. The van der Waals surface area contributed by atoms with E-state index in [1.54, 1.807) is 60.7 Å². The Balaban J connectivity index is 1.16. The number of benzene rings is 2. The van der Waals surface area contributed by atoms with Crippen LogP contribution in [0, 0.1) is 0 Å². The summed E-state index contributed by atoms with van der Waals surface area (Å²) in [6, 6.07) is 13.7. The lowest BCUT2D eigenvalue weighted by Gasteiger charge is -2.04. The molecule has 4 rings (SSSR count). The second-order valence-electron chi connectivity index (χ2n) is 7.41. The number of Topliss-reactive ketones (excluding diaryl/α,β-unsaturated/α-hetero) is 4. The Labute approximate surface area is 180 Å². The van der Waals surface area contributed by atoms with Gasteiger partial charge in [0.1, 0.15) is 0 Å². The highest BCUT2D eigenvalue weighted by Crippen LogP contribution is 2.26. The van der Waals surface area contributed by atoms with Gasteiger partial charge in [-0.15, -0.1) is 0 Å². The van der Waals surface area contributed by atoms with Gasteiger partial charge in [0.25, 0.3) is 0 Å². The molecule has 0 saturated heterocycles. The summed E-state index contributed by atoms with van der Waals surface area (Å²) in [5.74, 6) is -0.851. The summed E-state index contributed by atoms with van der Waals surface area (Å²) in [6.45, 7) is 2.27. The van der Waals surface area contributed by atoms with Crippen molar-refractivity contribution in [1.82, 2.24) is 10.6 Å². The third kappa shape index (κ3) is 4.08. The number of hydrogen-bond donors (Lipinski definition) is 2. The predicted molar refractivity (Wildman–Crippen MR) is 117 cm³/mol. The molecule has 0 amide bonds. The van der Waals surface area contributed by atoms with Crippen molar-refractivity contribution < 1.29 is 19.2 Å². The highest BCUT2D eigenvalue weighted by atomic mass is 16.2. The average molecular weight is 414 g/mol. The van der Waals surface area contributed by atoms with E-state index in [4.69, 9.17) is 0 Å². The molecule has 0 unspecified atom stereocenters. The van der Waals surface area contributed by atoms with E-state index < -0.39 is 0 Å². The first-order valence-electron chi connectivity index (χ1n) is 10.3. The number of ketones is 4. The molecule has 6 nitrogen and oxygen atoms in total. The monoisotopic (exact) mass is 414 g/mol. The molecule has 0 fully saturated rings. The van der Waals surface area contributed by atoms with Crippen LogP contribution in [-0.2, 0) is 0 Å². The first kappa shape index (κ1) is 20.8. The summed E-state index contributed by atoms with van der Waals surface area (Å²) in [5.41, 5.74) is 2.34. The third-order valence-electron chi connectivity index (χ3n) is 5.42. The van der Waals surface area contributed by atoms with Crippen LogP contribution in [-0.4, -0.2) is 49.3 Å². The van der Waals surface area contributed by atoms with E-state index in [1.807, 2.05) is 0 Å². The lowest BCUT2D eigenvalue weighted by atomic mass is 10.1. The van der Waals surface area contributed by atoms with Gasteiger partial charge in [-0.3, -0.25) is 19.2 Å². The van der Waals surface area contributed by atoms with E-state index in [1.165, 1.54) is 0 Å². The molecule has 156 valence electrons. The van der Waals surface area contributed by atoms with Crippen molar-refractivity contribution >= 4 is 23.1 Å². The lowest BCUT2D eigenvalue weighted by Crippen LogP contribution is -2.23. The molecule has 2 N–H and O–H groups in total. The first-order chi connectivity index (χ1) is 15.1. The fourth-order valence-electron chi connectivity index (χ4n) is 3.81. The smallest absolute Gasteiger partial charge is 0.197 e. The number of allylic oxidation sites excluding steroid dienone is 2. The Morgan fingerprint density at radius 1 is 0.548 bits per heavy atom. The van der Waals surface area contributed by atoms with E-state index >= 15 is 0 Å². The summed E-state index contributed by atoms with van der Waals surface area (Å²) in [6.07, 6.45) is 4.12. The van der Waals surface area contributed by atoms with Crippen molar-refractivity contribution in [2.24, 2.45) is 0 Å². The summed E-state index contributed by atoms with van der Waals surface area (Å²) < 4.78 is 0. The van der Waals surface area contributed by atoms with Gasteiger partial charge in [0.15, 0.2) is 23.1 Å². The van der Waals surface area contributed by atoms with E-state index in [0.29, 0.717) is 48.4 Å². The molecule has 2 aliphatic rings. The molecule has 0 aromatic heterocycles. The van der Waals surface area contributed by atoms with Crippen LogP contribution in [0.2, 0.25) is 0 Å². The Morgan fingerprint density at radius 3 is 1.19 bits per heavy atom. The van der Waals surface area contributed by atoms with Crippen LogP contribution >= 0.6 is 0 Å². The second kappa shape index (κ2) is 9.12. The maximum atomic E-state index is 12.3. The average Bonchev–Trinajstić information content (AvgIpc) is 3.18. The number of carbonyl (C=O) groups is 4. The predicted octanol–water partition coefficient (Wildman–Crippen LogP) is 2.57. The molecule has 0 bridgehead atoms. The highest BCUT2D eigenvalue weighted by Gasteiger charge is 2.32. The maximum absolute atomic E-state index is 12.3. The molecule has 6 heteroatoms. The Bertz CT molecular complexity index is 980. The van der Waals surface area contributed by atoms with Gasteiger partial charge in [0, 0.05) is 35.3 Å². The van der Waals surface area contributed by atoms with Crippen LogP contribution in [0.3, 0.4) is 0 Å². The zero-order valence-electron chi connectivity index (χ0n) is 16.9.